The normalized spacial score (nSPS) is 16.1. The maximum Gasteiger partial charge on any atom is 0.459 e. The number of alkyl halides is 14. The van der Waals surface area contributed by atoms with Crippen LogP contribution >= 0.6 is 15.9 Å². The van der Waals surface area contributed by atoms with Gasteiger partial charge in [-0.05, 0) is 6.42 Å². The zero-order valence-corrected chi connectivity index (χ0v) is 12.4. The lowest BCUT2D eigenvalue weighted by atomic mass is 9.73. The van der Waals surface area contributed by atoms with Crippen molar-refractivity contribution in [3.05, 3.63) is 12.2 Å². The van der Waals surface area contributed by atoms with Crippen molar-refractivity contribution in [2.24, 2.45) is 5.41 Å². The van der Waals surface area contributed by atoms with E-state index in [-0.39, 0.29) is 6.08 Å². The zero-order chi connectivity index (χ0) is 19.8. The molecule has 24 heavy (non-hydrogen) atoms. The molecular weight excluding hydrogens is 447 g/mol. The van der Waals surface area contributed by atoms with Crippen molar-refractivity contribution in [2.75, 3.05) is 5.33 Å². The second kappa shape index (κ2) is 6.56. The summed E-state index contributed by atoms with van der Waals surface area (Å²) in [5.41, 5.74) is -6.65. The highest BCUT2D eigenvalue weighted by Gasteiger charge is 2.91. The van der Waals surface area contributed by atoms with Crippen LogP contribution in [-0.4, -0.2) is 35.7 Å². The van der Waals surface area contributed by atoms with E-state index in [1.54, 1.807) is 0 Å². The summed E-state index contributed by atoms with van der Waals surface area (Å²) in [5.74, 6) is -15.2. The van der Waals surface area contributed by atoms with Crippen molar-refractivity contribution < 1.29 is 57.1 Å². The Hall–Kier alpha value is -0.690. The van der Waals surface area contributed by atoms with Crippen LogP contribution in [0.5, 0.6) is 0 Å². The molecule has 0 radical (unpaired) electrons. The van der Waals surface area contributed by atoms with Crippen LogP contribution in [-0.2, 0) is 0 Å². The predicted molar refractivity (Wildman–Crippen MR) is 58.0 cm³/mol. The molecule has 0 aromatic heterocycles. The molecule has 0 amide bonds. The molecule has 0 saturated heterocycles. The molecular formula is C10H6BrF13. The van der Waals surface area contributed by atoms with Gasteiger partial charge in [-0.25, -0.2) is 0 Å². The summed E-state index contributed by atoms with van der Waals surface area (Å²) in [7, 11) is 0. The molecule has 0 atom stereocenters. The Morgan fingerprint density at radius 2 is 0.917 bits per heavy atom. The van der Waals surface area contributed by atoms with Crippen LogP contribution in [0.2, 0.25) is 0 Å². The Kier molecular flexibility index (Phi) is 6.37. The maximum atomic E-state index is 13.5. The molecule has 0 nitrogen and oxygen atoms in total. The summed E-state index contributed by atoms with van der Waals surface area (Å²) in [6, 6.07) is 0. The van der Waals surface area contributed by atoms with Crippen LogP contribution in [0.3, 0.4) is 0 Å². The summed E-state index contributed by atoms with van der Waals surface area (Å²) in [4.78, 5) is 0. The number of rotatable bonds is 5. The molecule has 14 heteroatoms. The van der Waals surface area contributed by atoms with Gasteiger partial charge in [0.05, 0.1) is 0 Å². The molecule has 0 rings (SSSR count). The molecule has 0 saturated carbocycles. The van der Waals surface area contributed by atoms with Gasteiger partial charge in [-0.2, -0.15) is 57.1 Å². The first-order valence-electron chi connectivity index (χ1n) is 5.48. The maximum absolute atomic E-state index is 13.5. The predicted octanol–water partition coefficient (Wildman–Crippen LogP) is 6.27. The van der Waals surface area contributed by atoms with E-state index in [0.29, 0.717) is 6.08 Å². The molecule has 0 aromatic rings. The monoisotopic (exact) mass is 452 g/mol. The van der Waals surface area contributed by atoms with Gasteiger partial charge < -0.3 is 0 Å². The number of allylic oxidation sites excluding steroid dienone is 2. The zero-order valence-electron chi connectivity index (χ0n) is 10.9. The lowest BCUT2D eigenvalue weighted by molar-refractivity contribution is -0.459. The molecule has 0 bridgehead atoms. The molecule has 0 aliphatic rings. The van der Waals surface area contributed by atoms with E-state index in [4.69, 9.17) is 0 Å². The molecule has 0 aliphatic carbocycles. The van der Waals surface area contributed by atoms with Crippen LogP contribution < -0.4 is 0 Å². The SMILES string of the molecule is FC(F)(F)C(F)(F)C(F)(F)C(CC=CCBr)(C(F)(F)F)C(F)(F)F. The van der Waals surface area contributed by atoms with E-state index < -0.39 is 47.5 Å². The van der Waals surface area contributed by atoms with Crippen LogP contribution in [0.1, 0.15) is 6.42 Å². The van der Waals surface area contributed by atoms with Gasteiger partial charge in [0.15, 0.2) is 0 Å². The van der Waals surface area contributed by atoms with Gasteiger partial charge in [0, 0.05) is 5.33 Å². The van der Waals surface area contributed by atoms with E-state index in [9.17, 15) is 57.1 Å². The van der Waals surface area contributed by atoms with Crippen molar-refractivity contribution in [3.8, 4) is 0 Å². The highest BCUT2D eigenvalue weighted by Crippen LogP contribution is 2.66. The van der Waals surface area contributed by atoms with E-state index in [0.717, 1.165) is 0 Å². The third-order valence-corrected chi connectivity index (χ3v) is 3.31. The average Bonchev–Trinajstić information content (AvgIpc) is 2.29. The second-order valence-electron chi connectivity index (χ2n) is 4.38. The molecule has 0 aliphatic heterocycles. The number of hydrogen-bond acceptors (Lipinski definition) is 0. The van der Waals surface area contributed by atoms with Crippen molar-refractivity contribution >= 4 is 15.9 Å². The Morgan fingerprint density at radius 1 is 0.542 bits per heavy atom. The Bertz CT molecular complexity index is 439. The summed E-state index contributed by atoms with van der Waals surface area (Å²) in [6.45, 7) is 0. The van der Waals surface area contributed by atoms with Crippen molar-refractivity contribution in [3.63, 3.8) is 0 Å². The first-order valence-corrected chi connectivity index (χ1v) is 6.60. The van der Waals surface area contributed by atoms with Crippen LogP contribution in [0.25, 0.3) is 0 Å². The standard InChI is InChI=1S/C10H6BrF13/c11-4-2-1-3-5(8(16,17)18,9(19,20)21)6(12,13)7(14,15)10(22,23)24/h1-2H,3-4H2. The topological polar surface area (TPSA) is 0 Å². The van der Waals surface area contributed by atoms with Gasteiger partial charge in [-0.3, -0.25) is 0 Å². The second-order valence-corrected chi connectivity index (χ2v) is 5.02. The highest BCUT2D eigenvalue weighted by molar-refractivity contribution is 9.09. The first-order chi connectivity index (χ1) is 10.3. The van der Waals surface area contributed by atoms with Crippen LogP contribution in [0.4, 0.5) is 57.1 Å². The average molecular weight is 453 g/mol. The lowest BCUT2D eigenvalue weighted by Crippen LogP contribution is -2.70. The summed E-state index contributed by atoms with van der Waals surface area (Å²) >= 11 is 2.47. The smallest absolute Gasteiger partial charge is 0.198 e. The van der Waals surface area contributed by atoms with Gasteiger partial charge in [0.1, 0.15) is 0 Å². The van der Waals surface area contributed by atoms with E-state index >= 15 is 0 Å². The van der Waals surface area contributed by atoms with Crippen LogP contribution in [0.15, 0.2) is 12.2 Å². The highest BCUT2D eigenvalue weighted by atomic mass is 79.9. The molecule has 0 spiro atoms. The Labute approximate surface area is 133 Å². The van der Waals surface area contributed by atoms with Gasteiger partial charge in [-0.15, -0.1) is 0 Å². The number of halogens is 14. The van der Waals surface area contributed by atoms with Gasteiger partial charge in [0.2, 0.25) is 5.41 Å². The summed E-state index contributed by atoms with van der Waals surface area (Å²) < 4.78 is 165. The van der Waals surface area contributed by atoms with E-state index in [1.807, 2.05) is 0 Å². The van der Waals surface area contributed by atoms with Crippen molar-refractivity contribution in [1.29, 1.82) is 0 Å². The van der Waals surface area contributed by atoms with E-state index in [2.05, 4.69) is 15.9 Å². The molecule has 0 aromatic carbocycles. The minimum absolute atomic E-state index is 0.212. The minimum Gasteiger partial charge on any atom is -0.198 e. The lowest BCUT2D eigenvalue weighted by Gasteiger charge is -2.44. The molecule has 0 N–H and O–H groups in total. The summed E-state index contributed by atoms with van der Waals surface area (Å²) in [6.07, 6.45) is -24.4. The largest absolute Gasteiger partial charge is 0.459 e. The fourth-order valence-corrected chi connectivity index (χ4v) is 1.91. The first kappa shape index (κ1) is 23.3. The van der Waals surface area contributed by atoms with Crippen molar-refractivity contribution in [1.82, 2.24) is 0 Å². The Balaban J connectivity index is 6.76. The van der Waals surface area contributed by atoms with Gasteiger partial charge in [0.25, 0.3) is 0 Å². The van der Waals surface area contributed by atoms with Gasteiger partial charge in [-0.1, -0.05) is 28.1 Å². The third kappa shape index (κ3) is 3.47. The van der Waals surface area contributed by atoms with Gasteiger partial charge >= 0.3 is 30.4 Å². The fraction of sp³-hybridized carbons (Fsp3) is 0.800. The molecule has 0 unspecified atom stereocenters. The van der Waals surface area contributed by atoms with Crippen LogP contribution in [0, 0.1) is 5.41 Å². The van der Waals surface area contributed by atoms with E-state index in [1.165, 1.54) is 0 Å². The fourth-order valence-electron chi connectivity index (χ4n) is 1.65. The molecule has 0 fully saturated rings. The molecule has 0 heterocycles. The summed E-state index contributed by atoms with van der Waals surface area (Å²) in [5, 5.41) is -0.458. The Morgan fingerprint density at radius 3 is 1.17 bits per heavy atom. The minimum atomic E-state index is -7.59. The quantitative estimate of drug-likeness (QED) is 0.262. The molecule has 144 valence electrons. The van der Waals surface area contributed by atoms with Crippen molar-refractivity contribution in [2.45, 2.75) is 36.8 Å². The number of hydrogen-bond donors (Lipinski definition) is 0. The third-order valence-electron chi connectivity index (χ3n) is 2.93.